The van der Waals surface area contributed by atoms with Gasteiger partial charge in [0, 0.05) is 17.6 Å². The van der Waals surface area contributed by atoms with Crippen LogP contribution in [-0.2, 0) is 14.9 Å². The van der Waals surface area contributed by atoms with Crippen molar-refractivity contribution in [2.75, 3.05) is 31.0 Å². The maximum Gasteiger partial charge on any atom is 0.301 e. The number of anilines is 1. The summed E-state index contributed by atoms with van der Waals surface area (Å²) in [6.45, 7) is 1.64. The van der Waals surface area contributed by atoms with Crippen LogP contribution in [0.2, 0.25) is 0 Å². The average molecular weight is 371 g/mol. The van der Waals surface area contributed by atoms with Gasteiger partial charge < -0.3 is 4.74 Å². The Hall–Kier alpha value is -1.15. The van der Waals surface area contributed by atoms with Crippen molar-refractivity contribution in [1.29, 1.82) is 0 Å². The molecule has 1 saturated heterocycles. The molecule has 0 aliphatic carbocycles. The first-order valence-electron chi connectivity index (χ1n) is 6.59. The van der Waals surface area contributed by atoms with Gasteiger partial charge >= 0.3 is 10.2 Å². The zero-order valence-electron chi connectivity index (χ0n) is 11.3. The number of halogens is 1. The Balaban J connectivity index is 1.85. The van der Waals surface area contributed by atoms with Crippen molar-refractivity contribution in [3.8, 4) is 0 Å². The summed E-state index contributed by atoms with van der Waals surface area (Å²) in [5.74, 6) is 0. The maximum atomic E-state index is 12.3. The maximum absolute atomic E-state index is 12.3. The van der Waals surface area contributed by atoms with Crippen LogP contribution < -0.4 is 4.72 Å². The van der Waals surface area contributed by atoms with E-state index in [-0.39, 0.29) is 0 Å². The normalized spacial score (nSPS) is 17.0. The van der Waals surface area contributed by atoms with Gasteiger partial charge in [-0.1, -0.05) is 28.1 Å². The van der Waals surface area contributed by atoms with Crippen molar-refractivity contribution in [2.45, 2.75) is 0 Å². The highest BCUT2D eigenvalue weighted by Gasteiger charge is 2.24. The predicted octanol–water partition coefficient (Wildman–Crippen LogP) is 2.59. The largest absolute Gasteiger partial charge is 0.379 e. The van der Waals surface area contributed by atoms with E-state index in [1.165, 1.54) is 4.31 Å². The third-order valence-electron chi connectivity index (χ3n) is 3.36. The average Bonchev–Trinajstić information content (AvgIpc) is 2.48. The van der Waals surface area contributed by atoms with Gasteiger partial charge in [-0.15, -0.1) is 0 Å². The molecule has 3 rings (SSSR count). The van der Waals surface area contributed by atoms with Gasteiger partial charge in [-0.25, -0.2) is 0 Å². The lowest BCUT2D eigenvalue weighted by molar-refractivity contribution is 0.0733. The van der Waals surface area contributed by atoms with Gasteiger partial charge in [0.25, 0.3) is 0 Å². The van der Waals surface area contributed by atoms with E-state index in [2.05, 4.69) is 20.7 Å². The van der Waals surface area contributed by atoms with Crippen molar-refractivity contribution in [3.63, 3.8) is 0 Å². The standard InChI is InChI=1S/C14H15BrN2O3S/c15-13-3-1-12-10-14(4-2-11(12)9-13)16-21(18,19)17-5-7-20-8-6-17/h1-4,9-10,16H,5-8H2. The fourth-order valence-corrected chi connectivity index (χ4v) is 3.84. The lowest BCUT2D eigenvalue weighted by Gasteiger charge is -2.26. The first kappa shape index (κ1) is 14.8. The zero-order valence-corrected chi connectivity index (χ0v) is 13.7. The molecule has 112 valence electrons. The Morgan fingerprint density at radius 1 is 1.05 bits per heavy atom. The summed E-state index contributed by atoms with van der Waals surface area (Å²) in [7, 11) is -3.52. The van der Waals surface area contributed by atoms with Gasteiger partial charge in [-0.2, -0.15) is 12.7 Å². The third-order valence-corrected chi connectivity index (χ3v) is 5.39. The molecule has 5 nitrogen and oxygen atoms in total. The Labute approximate surface area is 132 Å². The second kappa shape index (κ2) is 5.92. The molecule has 0 bridgehead atoms. The number of fused-ring (bicyclic) bond motifs is 1. The minimum atomic E-state index is -3.52. The van der Waals surface area contributed by atoms with Crippen LogP contribution in [0.1, 0.15) is 0 Å². The van der Waals surface area contributed by atoms with Gasteiger partial charge in [0.1, 0.15) is 0 Å². The number of benzene rings is 2. The van der Waals surface area contributed by atoms with Crippen LogP contribution in [0.4, 0.5) is 5.69 Å². The predicted molar refractivity (Wildman–Crippen MR) is 86.6 cm³/mol. The lowest BCUT2D eigenvalue weighted by Crippen LogP contribution is -2.43. The highest BCUT2D eigenvalue weighted by molar-refractivity contribution is 9.10. The first-order chi connectivity index (χ1) is 10.0. The molecule has 1 aliphatic rings. The number of nitrogens with zero attached hydrogens (tertiary/aromatic N) is 1. The second-order valence-electron chi connectivity index (χ2n) is 4.82. The fraction of sp³-hybridized carbons (Fsp3) is 0.286. The van der Waals surface area contributed by atoms with E-state index in [0.717, 1.165) is 15.2 Å². The van der Waals surface area contributed by atoms with Gasteiger partial charge in [0.2, 0.25) is 0 Å². The summed E-state index contributed by atoms with van der Waals surface area (Å²) >= 11 is 3.42. The molecule has 1 fully saturated rings. The molecular formula is C14H15BrN2O3S. The van der Waals surface area contributed by atoms with E-state index in [4.69, 9.17) is 4.74 Å². The molecule has 2 aromatic carbocycles. The summed E-state index contributed by atoms with van der Waals surface area (Å²) in [4.78, 5) is 0. The molecule has 0 atom stereocenters. The SMILES string of the molecule is O=S(=O)(Nc1ccc2cc(Br)ccc2c1)N1CCOCC1. The van der Waals surface area contributed by atoms with Crippen LogP contribution in [-0.4, -0.2) is 39.0 Å². The number of hydrogen-bond acceptors (Lipinski definition) is 3. The van der Waals surface area contributed by atoms with E-state index in [1.54, 1.807) is 6.07 Å². The van der Waals surface area contributed by atoms with Crippen LogP contribution >= 0.6 is 15.9 Å². The molecule has 0 spiro atoms. The molecule has 0 saturated carbocycles. The summed E-state index contributed by atoms with van der Waals surface area (Å²) in [6.07, 6.45) is 0. The monoisotopic (exact) mass is 370 g/mol. The first-order valence-corrected chi connectivity index (χ1v) is 8.83. The molecule has 1 aliphatic heterocycles. The summed E-state index contributed by atoms with van der Waals surface area (Å²) in [6, 6.07) is 11.4. The summed E-state index contributed by atoms with van der Waals surface area (Å²) in [5.41, 5.74) is 0.566. The molecule has 2 aromatic rings. The van der Waals surface area contributed by atoms with E-state index >= 15 is 0 Å². The number of nitrogens with one attached hydrogen (secondary N) is 1. The summed E-state index contributed by atoms with van der Waals surface area (Å²) in [5, 5.41) is 2.04. The van der Waals surface area contributed by atoms with Crippen LogP contribution in [0.25, 0.3) is 10.8 Å². The van der Waals surface area contributed by atoms with Crippen LogP contribution in [0.3, 0.4) is 0 Å². The van der Waals surface area contributed by atoms with E-state index in [9.17, 15) is 8.42 Å². The van der Waals surface area contributed by atoms with Crippen molar-refractivity contribution in [1.82, 2.24) is 4.31 Å². The van der Waals surface area contributed by atoms with Gasteiger partial charge in [-0.05, 0) is 35.0 Å². The van der Waals surface area contributed by atoms with Crippen molar-refractivity contribution < 1.29 is 13.2 Å². The topological polar surface area (TPSA) is 58.6 Å². The number of hydrogen-bond donors (Lipinski definition) is 1. The number of rotatable bonds is 3. The molecule has 7 heteroatoms. The Morgan fingerprint density at radius 3 is 2.48 bits per heavy atom. The molecule has 0 unspecified atom stereocenters. The van der Waals surface area contributed by atoms with E-state index < -0.39 is 10.2 Å². The second-order valence-corrected chi connectivity index (χ2v) is 7.41. The van der Waals surface area contributed by atoms with Crippen LogP contribution in [0, 0.1) is 0 Å². The fourth-order valence-electron chi connectivity index (χ4n) is 2.28. The molecular weight excluding hydrogens is 356 g/mol. The molecule has 1 heterocycles. The lowest BCUT2D eigenvalue weighted by atomic mass is 10.1. The molecule has 0 radical (unpaired) electrons. The van der Waals surface area contributed by atoms with Crippen molar-refractivity contribution in [3.05, 3.63) is 40.9 Å². The van der Waals surface area contributed by atoms with Gasteiger partial charge in [0.05, 0.1) is 18.9 Å². The highest BCUT2D eigenvalue weighted by Crippen LogP contribution is 2.24. The third kappa shape index (κ3) is 3.37. The molecule has 0 amide bonds. The minimum absolute atomic E-state index is 0.385. The molecule has 0 aromatic heterocycles. The number of morpholine rings is 1. The Morgan fingerprint density at radius 2 is 1.71 bits per heavy atom. The molecule has 21 heavy (non-hydrogen) atoms. The number of ether oxygens (including phenoxy) is 1. The van der Waals surface area contributed by atoms with Crippen molar-refractivity contribution >= 4 is 42.6 Å². The highest BCUT2D eigenvalue weighted by atomic mass is 79.9. The zero-order chi connectivity index (χ0) is 14.9. The Bertz CT molecular complexity index is 758. The molecule has 1 N–H and O–H groups in total. The van der Waals surface area contributed by atoms with Crippen LogP contribution in [0.15, 0.2) is 40.9 Å². The van der Waals surface area contributed by atoms with Crippen molar-refractivity contribution in [2.24, 2.45) is 0 Å². The quantitative estimate of drug-likeness (QED) is 0.903. The minimum Gasteiger partial charge on any atom is -0.379 e. The van der Waals surface area contributed by atoms with Gasteiger partial charge in [-0.3, -0.25) is 4.72 Å². The summed E-state index contributed by atoms with van der Waals surface area (Å²) < 4.78 is 34.8. The smallest absolute Gasteiger partial charge is 0.301 e. The van der Waals surface area contributed by atoms with Gasteiger partial charge in [0.15, 0.2) is 0 Å². The van der Waals surface area contributed by atoms with E-state index in [1.807, 2.05) is 30.3 Å². The van der Waals surface area contributed by atoms with Crippen LogP contribution in [0.5, 0.6) is 0 Å². The van der Waals surface area contributed by atoms with E-state index in [0.29, 0.717) is 32.0 Å². The Kier molecular flexibility index (Phi) is 4.17.